The molecule has 3 nitrogen and oxygen atoms in total. The second kappa shape index (κ2) is 6.44. The topological polar surface area (TPSA) is 37.4 Å². The molecule has 0 aliphatic carbocycles. The van der Waals surface area contributed by atoms with Gasteiger partial charge in [-0.1, -0.05) is 54.1 Å². The highest BCUT2D eigenvalue weighted by atomic mass is 35.5. The summed E-state index contributed by atoms with van der Waals surface area (Å²) in [6, 6.07) is 24.1. The molecule has 0 aliphatic rings. The molecule has 0 N–H and O–H groups in total. The molecule has 3 aromatic rings. The van der Waals surface area contributed by atoms with Crippen molar-refractivity contribution in [2.45, 2.75) is 4.90 Å². The van der Waals surface area contributed by atoms with Crippen molar-refractivity contribution in [3.8, 4) is 0 Å². The fourth-order valence-corrected chi connectivity index (χ4v) is 3.98. The number of anilines is 2. The van der Waals surface area contributed by atoms with Crippen LogP contribution in [0.2, 0.25) is 5.02 Å². The van der Waals surface area contributed by atoms with Crippen LogP contribution in [0.3, 0.4) is 0 Å². The zero-order chi connectivity index (χ0) is 16.3. The van der Waals surface area contributed by atoms with E-state index in [0.717, 1.165) is 0 Å². The third kappa shape index (κ3) is 3.23. The zero-order valence-electron chi connectivity index (χ0n) is 12.1. The Kier molecular flexibility index (Phi) is 4.37. The molecule has 0 radical (unpaired) electrons. The van der Waals surface area contributed by atoms with Crippen LogP contribution < -0.4 is 4.31 Å². The Morgan fingerprint density at radius 2 is 1.26 bits per heavy atom. The Morgan fingerprint density at radius 1 is 0.696 bits per heavy atom. The first kappa shape index (κ1) is 15.6. The predicted octanol–water partition coefficient (Wildman–Crippen LogP) is 4.87. The Bertz CT molecular complexity index is 897. The predicted molar refractivity (Wildman–Crippen MR) is 93.7 cm³/mol. The summed E-state index contributed by atoms with van der Waals surface area (Å²) in [5.74, 6) is 0. The Labute approximate surface area is 140 Å². The van der Waals surface area contributed by atoms with Crippen LogP contribution in [0, 0.1) is 0 Å². The lowest BCUT2D eigenvalue weighted by molar-refractivity contribution is 0.596. The highest BCUT2D eigenvalue weighted by Crippen LogP contribution is 2.33. The van der Waals surface area contributed by atoms with Crippen LogP contribution in [0.1, 0.15) is 0 Å². The Morgan fingerprint density at radius 3 is 1.87 bits per heavy atom. The van der Waals surface area contributed by atoms with E-state index < -0.39 is 10.0 Å². The Balaban J connectivity index is 2.21. The van der Waals surface area contributed by atoms with Crippen molar-refractivity contribution in [3.63, 3.8) is 0 Å². The Hall–Kier alpha value is -2.30. The molecule has 0 saturated carbocycles. The van der Waals surface area contributed by atoms with E-state index in [1.165, 1.54) is 4.31 Å². The lowest BCUT2D eigenvalue weighted by Gasteiger charge is -2.24. The highest BCUT2D eigenvalue weighted by molar-refractivity contribution is 7.93. The standard InChI is InChI=1S/C18H14ClNO2S/c19-15-8-7-11-17(14-15)20(16-9-3-1-4-10-16)23(21,22)18-12-5-2-6-13-18/h1-14H. The van der Waals surface area contributed by atoms with Gasteiger partial charge in [0.1, 0.15) is 0 Å². The molecule has 3 aromatic carbocycles. The number of nitrogens with zero attached hydrogens (tertiary/aromatic N) is 1. The van der Waals surface area contributed by atoms with Crippen molar-refractivity contribution in [2.24, 2.45) is 0 Å². The molecule has 116 valence electrons. The van der Waals surface area contributed by atoms with E-state index in [1.54, 1.807) is 78.9 Å². The molecule has 3 rings (SSSR count). The van der Waals surface area contributed by atoms with Crippen LogP contribution in [-0.2, 0) is 10.0 Å². The van der Waals surface area contributed by atoms with E-state index in [0.29, 0.717) is 16.4 Å². The lowest BCUT2D eigenvalue weighted by atomic mass is 10.3. The molecular formula is C18H14ClNO2S. The summed E-state index contributed by atoms with van der Waals surface area (Å²) in [7, 11) is -3.75. The summed E-state index contributed by atoms with van der Waals surface area (Å²) in [6.45, 7) is 0. The van der Waals surface area contributed by atoms with Crippen molar-refractivity contribution >= 4 is 33.0 Å². The van der Waals surface area contributed by atoms with Crippen LogP contribution >= 0.6 is 11.6 Å². The normalized spacial score (nSPS) is 11.2. The second-order valence-electron chi connectivity index (χ2n) is 4.90. The van der Waals surface area contributed by atoms with Gasteiger partial charge in [0.05, 0.1) is 16.3 Å². The molecule has 0 saturated heterocycles. The number of halogens is 1. The van der Waals surface area contributed by atoms with Gasteiger partial charge in [-0.25, -0.2) is 12.7 Å². The minimum Gasteiger partial charge on any atom is -0.234 e. The first-order chi connectivity index (χ1) is 11.1. The molecule has 0 heterocycles. The van der Waals surface area contributed by atoms with E-state index in [2.05, 4.69) is 0 Å². The zero-order valence-corrected chi connectivity index (χ0v) is 13.7. The number of benzene rings is 3. The van der Waals surface area contributed by atoms with Gasteiger partial charge in [0.2, 0.25) is 0 Å². The van der Waals surface area contributed by atoms with Crippen LogP contribution in [0.4, 0.5) is 11.4 Å². The molecule has 0 bridgehead atoms. The van der Waals surface area contributed by atoms with E-state index >= 15 is 0 Å². The van der Waals surface area contributed by atoms with Gasteiger partial charge < -0.3 is 0 Å². The van der Waals surface area contributed by atoms with Gasteiger partial charge in [-0.3, -0.25) is 0 Å². The number of rotatable bonds is 4. The summed E-state index contributed by atoms with van der Waals surface area (Å²) in [4.78, 5) is 0.226. The van der Waals surface area contributed by atoms with Gasteiger partial charge >= 0.3 is 0 Å². The number of hydrogen-bond donors (Lipinski definition) is 0. The van der Waals surface area contributed by atoms with Crippen LogP contribution in [-0.4, -0.2) is 8.42 Å². The summed E-state index contributed by atoms with van der Waals surface area (Å²) in [5, 5.41) is 0.478. The maximum Gasteiger partial charge on any atom is 0.268 e. The van der Waals surface area contributed by atoms with Crippen molar-refractivity contribution < 1.29 is 8.42 Å². The summed E-state index contributed by atoms with van der Waals surface area (Å²) in [6.07, 6.45) is 0. The van der Waals surface area contributed by atoms with E-state index in [-0.39, 0.29) is 4.90 Å². The monoisotopic (exact) mass is 343 g/mol. The van der Waals surface area contributed by atoms with Gasteiger partial charge in [0, 0.05) is 5.02 Å². The first-order valence-electron chi connectivity index (χ1n) is 7.00. The molecule has 0 aliphatic heterocycles. The van der Waals surface area contributed by atoms with E-state index in [4.69, 9.17) is 11.6 Å². The fraction of sp³-hybridized carbons (Fsp3) is 0. The maximum absolute atomic E-state index is 13.1. The number of hydrogen-bond acceptors (Lipinski definition) is 2. The van der Waals surface area contributed by atoms with Gasteiger partial charge in [-0.05, 0) is 42.5 Å². The van der Waals surface area contributed by atoms with Crippen molar-refractivity contribution in [1.82, 2.24) is 0 Å². The lowest BCUT2D eigenvalue weighted by Crippen LogP contribution is -2.26. The van der Waals surface area contributed by atoms with Crippen molar-refractivity contribution in [3.05, 3.63) is 90.0 Å². The van der Waals surface area contributed by atoms with Crippen molar-refractivity contribution in [2.75, 3.05) is 4.31 Å². The molecule has 0 aromatic heterocycles. The summed E-state index contributed by atoms with van der Waals surface area (Å²) in [5.41, 5.74) is 1.05. The maximum atomic E-state index is 13.1. The van der Waals surface area contributed by atoms with E-state index in [1.807, 2.05) is 6.07 Å². The molecule has 0 fully saturated rings. The highest BCUT2D eigenvalue weighted by Gasteiger charge is 2.26. The quantitative estimate of drug-likeness (QED) is 0.678. The third-order valence-corrected chi connectivity index (χ3v) is 5.32. The van der Waals surface area contributed by atoms with Gasteiger partial charge in [-0.2, -0.15) is 0 Å². The SMILES string of the molecule is O=S(=O)(c1ccccc1)N(c1ccccc1)c1cccc(Cl)c1. The average molecular weight is 344 g/mol. The number of sulfonamides is 1. The molecular weight excluding hydrogens is 330 g/mol. The molecule has 5 heteroatoms. The minimum absolute atomic E-state index is 0.226. The fourth-order valence-electron chi connectivity index (χ4n) is 2.29. The molecule has 0 amide bonds. The minimum atomic E-state index is -3.75. The molecule has 0 unspecified atom stereocenters. The summed E-state index contributed by atoms with van der Waals surface area (Å²) < 4.78 is 27.6. The van der Waals surface area contributed by atoms with Gasteiger partial charge in [0.25, 0.3) is 10.0 Å². The van der Waals surface area contributed by atoms with Crippen molar-refractivity contribution in [1.29, 1.82) is 0 Å². The smallest absolute Gasteiger partial charge is 0.234 e. The first-order valence-corrected chi connectivity index (χ1v) is 8.82. The van der Waals surface area contributed by atoms with Crippen LogP contribution in [0.25, 0.3) is 0 Å². The van der Waals surface area contributed by atoms with E-state index in [9.17, 15) is 8.42 Å². The largest absolute Gasteiger partial charge is 0.268 e. The molecule has 23 heavy (non-hydrogen) atoms. The number of para-hydroxylation sites is 1. The summed E-state index contributed by atoms with van der Waals surface area (Å²) >= 11 is 6.05. The molecule has 0 spiro atoms. The second-order valence-corrected chi connectivity index (χ2v) is 7.12. The average Bonchev–Trinajstić information content (AvgIpc) is 2.57. The van der Waals surface area contributed by atoms with Crippen LogP contribution in [0.5, 0.6) is 0 Å². The van der Waals surface area contributed by atoms with Gasteiger partial charge in [-0.15, -0.1) is 0 Å². The van der Waals surface area contributed by atoms with Gasteiger partial charge in [0.15, 0.2) is 0 Å². The molecule has 0 atom stereocenters. The third-order valence-electron chi connectivity index (χ3n) is 3.31. The van der Waals surface area contributed by atoms with Crippen LogP contribution in [0.15, 0.2) is 89.8 Å².